The maximum absolute atomic E-state index is 12.0. The van der Waals surface area contributed by atoms with E-state index >= 15 is 0 Å². The molecule has 1 aliphatic heterocycles. The van der Waals surface area contributed by atoms with E-state index in [1.165, 1.54) is 0 Å². The first-order valence-electron chi connectivity index (χ1n) is 4.99. The van der Waals surface area contributed by atoms with Crippen LogP contribution in [0.5, 0.6) is 0 Å². The van der Waals surface area contributed by atoms with Gasteiger partial charge in [0.05, 0.1) is 0 Å². The number of aryl methyl sites for hydroxylation is 1. The minimum Gasteiger partial charge on any atom is -0.381 e. The summed E-state index contributed by atoms with van der Waals surface area (Å²) >= 11 is 3.43. The molecule has 0 aromatic heterocycles. The summed E-state index contributed by atoms with van der Waals surface area (Å²) in [6, 6.07) is 5.71. The van der Waals surface area contributed by atoms with Crippen LogP contribution in [0.2, 0.25) is 0 Å². The predicted octanol–water partition coefficient (Wildman–Crippen LogP) is 2.84. The minimum atomic E-state index is -0.841. The van der Waals surface area contributed by atoms with E-state index in [4.69, 9.17) is 4.84 Å². The Morgan fingerprint density at radius 3 is 2.56 bits per heavy atom. The summed E-state index contributed by atoms with van der Waals surface area (Å²) in [6.45, 7) is 5.43. The first-order chi connectivity index (χ1) is 7.42. The number of Topliss-reactive ketones (excluding diaryl/α,β-unsaturated/α-hetero) is 1. The van der Waals surface area contributed by atoms with E-state index in [9.17, 15) is 4.79 Å². The van der Waals surface area contributed by atoms with Crippen molar-refractivity contribution in [2.45, 2.75) is 26.4 Å². The Bertz CT molecular complexity index is 492. The predicted molar refractivity (Wildman–Crippen MR) is 65.6 cm³/mol. The van der Waals surface area contributed by atoms with E-state index in [0.717, 1.165) is 15.6 Å². The van der Waals surface area contributed by atoms with Crippen LogP contribution in [0.1, 0.15) is 25.0 Å². The van der Waals surface area contributed by atoms with E-state index < -0.39 is 5.60 Å². The van der Waals surface area contributed by atoms with Gasteiger partial charge in [-0.3, -0.25) is 4.79 Å². The smallest absolute Gasteiger partial charge is 0.230 e. The Morgan fingerprint density at radius 1 is 1.38 bits per heavy atom. The Balaban J connectivity index is 2.40. The Kier molecular flexibility index (Phi) is 2.62. The summed E-state index contributed by atoms with van der Waals surface area (Å²) in [5, 5.41) is 3.86. The number of hydrogen-bond acceptors (Lipinski definition) is 3. The first-order valence-corrected chi connectivity index (χ1v) is 5.78. The van der Waals surface area contributed by atoms with Gasteiger partial charge in [0.2, 0.25) is 5.78 Å². The summed E-state index contributed by atoms with van der Waals surface area (Å²) in [4.78, 5) is 17.1. The van der Waals surface area contributed by atoms with Gasteiger partial charge in [-0.25, -0.2) is 0 Å². The standard InChI is InChI=1S/C12H12BrNO2/c1-7-4-5-8(6-9(7)13)10-11(15)12(2,3)16-14-10/h4-6H,1-3H3. The van der Waals surface area contributed by atoms with Crippen LogP contribution in [0.4, 0.5) is 0 Å². The molecule has 1 aromatic carbocycles. The third-order valence-corrected chi connectivity index (χ3v) is 3.43. The second-order valence-electron chi connectivity index (χ2n) is 4.33. The van der Waals surface area contributed by atoms with E-state index in [1.807, 2.05) is 25.1 Å². The zero-order valence-corrected chi connectivity index (χ0v) is 11.0. The molecule has 0 aliphatic carbocycles. The Hall–Kier alpha value is -1.16. The molecule has 0 radical (unpaired) electrons. The number of nitrogens with zero attached hydrogens (tertiary/aromatic N) is 1. The van der Waals surface area contributed by atoms with Gasteiger partial charge in [-0.2, -0.15) is 0 Å². The molecule has 0 fully saturated rings. The van der Waals surface area contributed by atoms with Crippen molar-refractivity contribution in [1.29, 1.82) is 0 Å². The average Bonchev–Trinajstić information content (AvgIpc) is 2.48. The molecule has 1 aromatic rings. The molecule has 16 heavy (non-hydrogen) atoms. The van der Waals surface area contributed by atoms with Crippen molar-refractivity contribution in [3.63, 3.8) is 0 Å². The normalized spacial score (nSPS) is 18.2. The largest absolute Gasteiger partial charge is 0.381 e. The molecule has 2 rings (SSSR count). The zero-order chi connectivity index (χ0) is 11.9. The summed E-state index contributed by atoms with van der Waals surface area (Å²) in [7, 11) is 0. The van der Waals surface area contributed by atoms with Gasteiger partial charge in [0, 0.05) is 10.0 Å². The van der Waals surface area contributed by atoms with Crippen molar-refractivity contribution in [2.75, 3.05) is 0 Å². The van der Waals surface area contributed by atoms with Crippen LogP contribution in [0.3, 0.4) is 0 Å². The van der Waals surface area contributed by atoms with Crippen molar-refractivity contribution in [2.24, 2.45) is 5.16 Å². The molecular weight excluding hydrogens is 270 g/mol. The van der Waals surface area contributed by atoms with Crippen molar-refractivity contribution in [1.82, 2.24) is 0 Å². The number of ketones is 1. The minimum absolute atomic E-state index is 0.0803. The number of oxime groups is 1. The SMILES string of the molecule is Cc1ccc(C2=NOC(C)(C)C2=O)cc1Br. The molecule has 84 valence electrons. The van der Waals surface area contributed by atoms with Gasteiger partial charge in [0.15, 0.2) is 11.3 Å². The van der Waals surface area contributed by atoms with E-state index in [-0.39, 0.29) is 5.78 Å². The Morgan fingerprint density at radius 2 is 2.06 bits per heavy atom. The van der Waals surface area contributed by atoms with Gasteiger partial charge >= 0.3 is 0 Å². The molecule has 0 amide bonds. The van der Waals surface area contributed by atoms with Gasteiger partial charge in [-0.05, 0) is 32.4 Å². The summed E-state index contributed by atoms with van der Waals surface area (Å²) in [5.41, 5.74) is 1.46. The van der Waals surface area contributed by atoms with Gasteiger partial charge in [0.1, 0.15) is 0 Å². The Labute approximate surface area is 103 Å². The molecular formula is C12H12BrNO2. The topological polar surface area (TPSA) is 38.7 Å². The molecule has 0 bridgehead atoms. The fourth-order valence-corrected chi connectivity index (χ4v) is 1.83. The monoisotopic (exact) mass is 281 g/mol. The highest BCUT2D eigenvalue weighted by Crippen LogP contribution is 2.25. The van der Waals surface area contributed by atoms with Crippen molar-refractivity contribution in [3.8, 4) is 0 Å². The summed E-state index contributed by atoms with van der Waals surface area (Å²) in [5.74, 6) is -0.0803. The fourth-order valence-electron chi connectivity index (χ4n) is 1.45. The quantitative estimate of drug-likeness (QED) is 0.794. The molecule has 1 heterocycles. The van der Waals surface area contributed by atoms with Gasteiger partial charge in [-0.1, -0.05) is 33.2 Å². The molecule has 0 atom stereocenters. The van der Waals surface area contributed by atoms with Gasteiger partial charge < -0.3 is 4.84 Å². The highest BCUT2D eigenvalue weighted by molar-refractivity contribution is 9.10. The van der Waals surface area contributed by atoms with Crippen LogP contribution in [0, 0.1) is 6.92 Å². The van der Waals surface area contributed by atoms with Crippen LogP contribution < -0.4 is 0 Å². The van der Waals surface area contributed by atoms with Crippen LogP contribution >= 0.6 is 15.9 Å². The third-order valence-electron chi connectivity index (χ3n) is 2.57. The molecule has 0 saturated heterocycles. The number of benzene rings is 1. The lowest BCUT2D eigenvalue weighted by molar-refractivity contribution is -0.128. The van der Waals surface area contributed by atoms with Crippen molar-refractivity contribution >= 4 is 27.4 Å². The number of carbonyl (C=O) groups excluding carboxylic acids is 1. The summed E-state index contributed by atoms with van der Waals surface area (Å²) in [6.07, 6.45) is 0. The molecule has 0 unspecified atom stereocenters. The molecule has 3 nitrogen and oxygen atoms in total. The molecule has 4 heteroatoms. The van der Waals surface area contributed by atoms with E-state index in [2.05, 4.69) is 21.1 Å². The molecule has 0 N–H and O–H groups in total. The summed E-state index contributed by atoms with van der Waals surface area (Å²) < 4.78 is 0.963. The first kappa shape index (κ1) is 11.3. The van der Waals surface area contributed by atoms with E-state index in [0.29, 0.717) is 5.71 Å². The number of halogens is 1. The maximum atomic E-state index is 12.0. The second kappa shape index (κ2) is 3.70. The lowest BCUT2D eigenvalue weighted by atomic mass is 9.96. The van der Waals surface area contributed by atoms with Gasteiger partial charge in [0.25, 0.3) is 0 Å². The molecule has 0 spiro atoms. The zero-order valence-electron chi connectivity index (χ0n) is 9.37. The fraction of sp³-hybridized carbons (Fsp3) is 0.333. The van der Waals surface area contributed by atoms with Crippen molar-refractivity contribution < 1.29 is 9.63 Å². The van der Waals surface area contributed by atoms with Crippen LogP contribution in [-0.2, 0) is 9.63 Å². The lowest BCUT2D eigenvalue weighted by Gasteiger charge is -2.11. The molecule has 1 aliphatic rings. The number of rotatable bonds is 1. The number of carbonyl (C=O) groups is 1. The highest BCUT2D eigenvalue weighted by atomic mass is 79.9. The second-order valence-corrected chi connectivity index (χ2v) is 5.19. The number of hydrogen-bond donors (Lipinski definition) is 0. The average molecular weight is 282 g/mol. The maximum Gasteiger partial charge on any atom is 0.230 e. The lowest BCUT2D eigenvalue weighted by Crippen LogP contribution is -2.33. The van der Waals surface area contributed by atoms with Crippen LogP contribution in [-0.4, -0.2) is 17.1 Å². The van der Waals surface area contributed by atoms with Crippen LogP contribution in [0.25, 0.3) is 0 Å². The van der Waals surface area contributed by atoms with Crippen LogP contribution in [0.15, 0.2) is 27.8 Å². The van der Waals surface area contributed by atoms with E-state index in [1.54, 1.807) is 13.8 Å². The molecule has 0 saturated carbocycles. The third kappa shape index (κ3) is 1.78. The van der Waals surface area contributed by atoms with Crippen molar-refractivity contribution in [3.05, 3.63) is 33.8 Å². The highest BCUT2D eigenvalue weighted by Gasteiger charge is 2.40. The van der Waals surface area contributed by atoms with Gasteiger partial charge in [-0.15, -0.1) is 0 Å².